The van der Waals surface area contributed by atoms with Gasteiger partial charge in [-0.05, 0) is 24.1 Å². The van der Waals surface area contributed by atoms with Crippen LogP contribution in [0.25, 0.3) is 0 Å². The second-order valence-corrected chi connectivity index (χ2v) is 7.11. The summed E-state index contributed by atoms with van der Waals surface area (Å²) in [6.45, 7) is 3.55. The number of thiazole rings is 1. The van der Waals surface area contributed by atoms with Gasteiger partial charge in [-0.25, -0.2) is 4.98 Å². The lowest BCUT2D eigenvalue weighted by Crippen LogP contribution is -2.20. The van der Waals surface area contributed by atoms with Gasteiger partial charge < -0.3 is 10.2 Å². The average Bonchev–Trinajstić information content (AvgIpc) is 3.31. The Morgan fingerprint density at radius 1 is 1.16 bits per heavy atom. The Kier molecular flexibility index (Phi) is 4.24. The number of rotatable bonds is 4. The number of hydrogen-bond acceptors (Lipinski definition) is 4. The Morgan fingerprint density at radius 2 is 2.00 bits per heavy atom. The molecule has 0 spiro atoms. The molecule has 3 aromatic rings. The molecule has 1 N–H and O–H groups in total. The maximum absolute atomic E-state index is 12.7. The van der Waals surface area contributed by atoms with Gasteiger partial charge >= 0.3 is 0 Å². The lowest BCUT2D eigenvalue weighted by atomic mass is 10.00. The van der Waals surface area contributed by atoms with E-state index in [9.17, 15) is 4.79 Å². The molecule has 0 unspecified atom stereocenters. The number of benzene rings is 2. The highest BCUT2D eigenvalue weighted by Gasteiger charge is 2.24. The summed E-state index contributed by atoms with van der Waals surface area (Å²) in [5, 5.41) is 6.13. The van der Waals surface area contributed by atoms with Gasteiger partial charge in [-0.1, -0.05) is 42.5 Å². The maximum atomic E-state index is 12.7. The first kappa shape index (κ1) is 15.8. The van der Waals surface area contributed by atoms with Crippen molar-refractivity contribution in [3.8, 4) is 0 Å². The number of aromatic nitrogens is 1. The predicted octanol–water partition coefficient (Wildman–Crippen LogP) is 4.41. The molecule has 0 fully saturated rings. The van der Waals surface area contributed by atoms with Crippen molar-refractivity contribution in [2.45, 2.75) is 25.9 Å². The molecular formula is C20H19N3OS. The van der Waals surface area contributed by atoms with Crippen LogP contribution in [0.2, 0.25) is 0 Å². The van der Waals surface area contributed by atoms with Crippen LogP contribution < -0.4 is 10.2 Å². The highest BCUT2D eigenvalue weighted by Crippen LogP contribution is 2.34. The Hall–Kier alpha value is -2.66. The molecule has 4 rings (SSSR count). The lowest BCUT2D eigenvalue weighted by Gasteiger charge is -2.15. The first-order chi connectivity index (χ1) is 12.2. The Morgan fingerprint density at radius 3 is 2.76 bits per heavy atom. The van der Waals surface area contributed by atoms with Crippen LogP contribution in [0.1, 0.15) is 29.5 Å². The van der Waals surface area contributed by atoms with Gasteiger partial charge in [0.2, 0.25) is 5.91 Å². The van der Waals surface area contributed by atoms with Crippen LogP contribution in [0.5, 0.6) is 0 Å². The molecular weight excluding hydrogens is 330 g/mol. The molecule has 0 bridgehead atoms. The highest BCUT2D eigenvalue weighted by atomic mass is 32.1. The topological polar surface area (TPSA) is 45.2 Å². The minimum atomic E-state index is -0.187. The van der Waals surface area contributed by atoms with Crippen molar-refractivity contribution in [2.75, 3.05) is 10.2 Å². The molecule has 1 amide bonds. The second kappa shape index (κ2) is 6.69. The number of nitrogens with zero attached hydrogens (tertiary/aromatic N) is 2. The number of nitrogens with one attached hydrogen (secondary N) is 1. The zero-order valence-electron chi connectivity index (χ0n) is 14.0. The van der Waals surface area contributed by atoms with E-state index in [4.69, 9.17) is 0 Å². The van der Waals surface area contributed by atoms with Crippen molar-refractivity contribution in [1.82, 2.24) is 4.98 Å². The largest absolute Gasteiger partial charge is 0.339 e. The summed E-state index contributed by atoms with van der Waals surface area (Å²) in [5.41, 5.74) is 4.37. The fourth-order valence-electron chi connectivity index (χ4n) is 3.18. The highest BCUT2D eigenvalue weighted by molar-refractivity contribution is 7.13. The van der Waals surface area contributed by atoms with Crippen LogP contribution in [0, 0.1) is 0 Å². The first-order valence-electron chi connectivity index (χ1n) is 8.33. The van der Waals surface area contributed by atoms with Gasteiger partial charge in [-0.3, -0.25) is 4.79 Å². The van der Waals surface area contributed by atoms with Crippen LogP contribution in [0.3, 0.4) is 0 Å². The molecule has 1 aromatic heterocycles. The minimum Gasteiger partial charge on any atom is -0.339 e. The Balaban J connectivity index is 1.53. The van der Waals surface area contributed by atoms with Crippen LogP contribution in [-0.2, 0) is 17.9 Å². The predicted molar refractivity (Wildman–Crippen MR) is 102 cm³/mol. The smallest absolute Gasteiger partial charge is 0.231 e. The molecule has 1 atom stereocenters. The van der Waals surface area contributed by atoms with Gasteiger partial charge in [0.1, 0.15) is 0 Å². The summed E-state index contributed by atoms with van der Waals surface area (Å²) >= 11 is 1.64. The monoisotopic (exact) mass is 349 g/mol. The molecule has 5 heteroatoms. The molecule has 126 valence electrons. The average molecular weight is 349 g/mol. The number of amides is 1. The molecule has 0 saturated carbocycles. The van der Waals surface area contributed by atoms with Crippen LogP contribution in [0.4, 0.5) is 10.8 Å². The molecule has 0 radical (unpaired) electrons. The van der Waals surface area contributed by atoms with E-state index < -0.39 is 0 Å². The quantitative estimate of drug-likeness (QED) is 0.759. The normalized spacial score (nSPS) is 14.2. The van der Waals surface area contributed by atoms with E-state index in [0.29, 0.717) is 0 Å². The molecule has 1 aliphatic heterocycles. The summed E-state index contributed by atoms with van der Waals surface area (Å²) in [6.07, 6.45) is 1.83. The zero-order valence-corrected chi connectivity index (χ0v) is 14.8. The molecule has 2 heterocycles. The fraction of sp³-hybridized carbons (Fsp3) is 0.200. The summed E-state index contributed by atoms with van der Waals surface area (Å²) in [5.74, 6) is -0.166. The summed E-state index contributed by atoms with van der Waals surface area (Å²) in [7, 11) is 0. The number of anilines is 2. The summed E-state index contributed by atoms with van der Waals surface area (Å²) in [4.78, 5) is 19.3. The third-order valence-electron chi connectivity index (χ3n) is 4.62. The van der Waals surface area contributed by atoms with E-state index in [1.54, 1.807) is 11.3 Å². The number of fused-ring (bicyclic) bond motifs is 1. The maximum Gasteiger partial charge on any atom is 0.231 e. The summed E-state index contributed by atoms with van der Waals surface area (Å²) in [6, 6.07) is 16.0. The van der Waals surface area contributed by atoms with Gasteiger partial charge in [-0.15, -0.1) is 11.3 Å². The van der Waals surface area contributed by atoms with E-state index in [1.165, 1.54) is 11.1 Å². The molecule has 4 nitrogen and oxygen atoms in total. The molecule has 0 aliphatic carbocycles. The Bertz CT molecular complexity index is 877. The van der Waals surface area contributed by atoms with Crippen molar-refractivity contribution < 1.29 is 4.79 Å². The molecule has 25 heavy (non-hydrogen) atoms. The van der Waals surface area contributed by atoms with Crippen molar-refractivity contribution in [3.05, 3.63) is 76.8 Å². The van der Waals surface area contributed by atoms with E-state index in [0.717, 1.165) is 29.5 Å². The number of carbonyl (C=O) groups is 1. The van der Waals surface area contributed by atoms with Crippen LogP contribution in [0.15, 0.2) is 60.1 Å². The van der Waals surface area contributed by atoms with Crippen molar-refractivity contribution in [1.29, 1.82) is 0 Å². The van der Waals surface area contributed by atoms with Crippen molar-refractivity contribution in [3.63, 3.8) is 0 Å². The van der Waals surface area contributed by atoms with Crippen molar-refractivity contribution in [2.24, 2.45) is 0 Å². The standard InChI is InChI=1S/C20H19N3OS/c1-14(15-6-3-2-4-7-15)19(24)22-18-9-5-8-16-12-23(13-17(16)18)20-21-10-11-25-20/h2-11,14H,12-13H2,1H3,(H,22,24)/t14-/m1/s1. The van der Waals surface area contributed by atoms with Gasteiger partial charge in [-0.2, -0.15) is 0 Å². The van der Waals surface area contributed by atoms with Gasteiger partial charge in [0.05, 0.1) is 5.92 Å². The first-order valence-corrected chi connectivity index (χ1v) is 9.21. The third-order valence-corrected chi connectivity index (χ3v) is 5.46. The summed E-state index contributed by atoms with van der Waals surface area (Å²) < 4.78 is 0. The molecule has 2 aromatic carbocycles. The number of hydrogen-bond donors (Lipinski definition) is 1. The van der Waals surface area contributed by atoms with Crippen LogP contribution >= 0.6 is 11.3 Å². The zero-order chi connectivity index (χ0) is 17.2. The van der Waals surface area contributed by atoms with E-state index in [2.05, 4.69) is 21.3 Å². The van der Waals surface area contributed by atoms with E-state index in [1.807, 2.05) is 61.0 Å². The molecule has 0 saturated heterocycles. The SMILES string of the molecule is C[C@@H](C(=O)Nc1cccc2c1CN(c1nccs1)C2)c1ccccc1. The fourth-order valence-corrected chi connectivity index (χ4v) is 3.82. The van der Waals surface area contributed by atoms with Gasteiger partial charge in [0.15, 0.2) is 5.13 Å². The lowest BCUT2D eigenvalue weighted by molar-refractivity contribution is -0.117. The van der Waals surface area contributed by atoms with Crippen molar-refractivity contribution >= 4 is 28.1 Å². The van der Waals surface area contributed by atoms with Gasteiger partial charge in [0.25, 0.3) is 0 Å². The number of carbonyl (C=O) groups excluding carboxylic acids is 1. The van der Waals surface area contributed by atoms with E-state index >= 15 is 0 Å². The molecule has 1 aliphatic rings. The van der Waals surface area contributed by atoms with Gasteiger partial charge in [0, 0.05) is 35.9 Å². The van der Waals surface area contributed by atoms with E-state index in [-0.39, 0.29) is 11.8 Å². The van der Waals surface area contributed by atoms with Crippen LogP contribution in [-0.4, -0.2) is 10.9 Å². The second-order valence-electron chi connectivity index (χ2n) is 6.24. The minimum absolute atomic E-state index is 0.0206. The Labute approximate surface area is 151 Å². The third kappa shape index (κ3) is 3.15.